The molecule has 0 amide bonds. The van der Waals surface area contributed by atoms with E-state index < -0.39 is 0 Å². The molecule has 0 saturated heterocycles. The quantitative estimate of drug-likeness (QED) is 0.815. The van der Waals surface area contributed by atoms with Crippen LogP contribution in [-0.2, 0) is 0 Å². The van der Waals surface area contributed by atoms with E-state index in [1.807, 2.05) is 6.92 Å². The van der Waals surface area contributed by atoms with Crippen LogP contribution in [0.25, 0.3) is 0 Å². The Labute approximate surface area is 98.9 Å². The minimum atomic E-state index is -0.264. The lowest BCUT2D eigenvalue weighted by atomic mass is 9.97. The van der Waals surface area contributed by atoms with Gasteiger partial charge in [-0.15, -0.1) is 0 Å². The van der Waals surface area contributed by atoms with Gasteiger partial charge in [0.2, 0.25) is 5.91 Å². The first kappa shape index (κ1) is 11.5. The highest BCUT2D eigenvalue weighted by atomic mass is 19.1. The number of rotatable bonds is 3. The first-order valence-electron chi connectivity index (χ1n) is 5.45. The summed E-state index contributed by atoms with van der Waals surface area (Å²) in [6, 6.07) is 7.93. The second-order valence-corrected chi connectivity index (χ2v) is 4.00. The zero-order valence-corrected chi connectivity index (χ0v) is 9.51. The maximum atomic E-state index is 12.8. The summed E-state index contributed by atoms with van der Waals surface area (Å²) in [5.41, 5.74) is 0.951. The second-order valence-electron chi connectivity index (χ2n) is 4.00. The molecule has 4 heteroatoms. The van der Waals surface area contributed by atoms with Crippen LogP contribution in [0.5, 0.6) is 0 Å². The molecule has 0 aliphatic carbocycles. The molecule has 2 aromatic rings. The van der Waals surface area contributed by atoms with Gasteiger partial charge >= 0.3 is 0 Å². The van der Waals surface area contributed by atoms with Crippen molar-refractivity contribution in [3.8, 4) is 0 Å². The van der Waals surface area contributed by atoms with Gasteiger partial charge in [0.1, 0.15) is 5.82 Å². The number of carbonyl (C=O) groups is 1. The third-order valence-corrected chi connectivity index (χ3v) is 2.68. The van der Waals surface area contributed by atoms with Crippen LogP contribution in [0.3, 0.4) is 0 Å². The molecule has 0 spiro atoms. The van der Waals surface area contributed by atoms with E-state index in [9.17, 15) is 9.18 Å². The van der Waals surface area contributed by atoms with Gasteiger partial charge in [-0.3, -0.25) is 4.79 Å². The zero-order chi connectivity index (χ0) is 12.3. The normalized spacial score (nSPS) is 12.4. The number of benzene rings is 1. The Morgan fingerprint density at radius 2 is 2.12 bits per heavy atom. The number of nitrogens with zero attached hydrogens (tertiary/aromatic N) is 2. The van der Waals surface area contributed by atoms with Gasteiger partial charge in [0.05, 0.1) is 0 Å². The van der Waals surface area contributed by atoms with Crippen molar-refractivity contribution in [1.82, 2.24) is 9.78 Å². The van der Waals surface area contributed by atoms with E-state index >= 15 is 0 Å². The molecule has 0 aliphatic rings. The van der Waals surface area contributed by atoms with Crippen molar-refractivity contribution in [3.63, 3.8) is 0 Å². The van der Waals surface area contributed by atoms with Gasteiger partial charge < -0.3 is 0 Å². The topological polar surface area (TPSA) is 34.9 Å². The van der Waals surface area contributed by atoms with Gasteiger partial charge in [-0.1, -0.05) is 19.1 Å². The van der Waals surface area contributed by atoms with Crippen LogP contribution in [0, 0.1) is 5.82 Å². The van der Waals surface area contributed by atoms with E-state index in [1.54, 1.807) is 30.6 Å². The van der Waals surface area contributed by atoms with Crippen LogP contribution in [0.2, 0.25) is 0 Å². The smallest absolute Gasteiger partial charge is 0.247 e. The Kier molecular flexibility index (Phi) is 3.32. The summed E-state index contributed by atoms with van der Waals surface area (Å²) in [5.74, 6) is -0.279. The van der Waals surface area contributed by atoms with E-state index in [1.165, 1.54) is 16.8 Å². The molecule has 1 aromatic heterocycles. The number of halogens is 1. The number of hydrogen-bond acceptors (Lipinski definition) is 2. The van der Waals surface area contributed by atoms with Crippen LogP contribution in [-0.4, -0.2) is 15.7 Å². The molecule has 3 nitrogen and oxygen atoms in total. The van der Waals surface area contributed by atoms with Crippen molar-refractivity contribution in [2.45, 2.75) is 19.3 Å². The molecule has 88 valence electrons. The van der Waals surface area contributed by atoms with Gasteiger partial charge in [0.25, 0.3) is 0 Å². The van der Waals surface area contributed by atoms with Gasteiger partial charge in [-0.25, -0.2) is 9.07 Å². The lowest BCUT2D eigenvalue weighted by Crippen LogP contribution is -2.13. The van der Waals surface area contributed by atoms with E-state index in [-0.39, 0.29) is 17.6 Å². The fourth-order valence-electron chi connectivity index (χ4n) is 1.68. The third kappa shape index (κ3) is 2.78. The average Bonchev–Trinajstić information content (AvgIpc) is 2.83. The van der Waals surface area contributed by atoms with Crippen LogP contribution in [0.4, 0.5) is 4.39 Å². The van der Waals surface area contributed by atoms with Crippen LogP contribution < -0.4 is 0 Å². The summed E-state index contributed by atoms with van der Waals surface area (Å²) < 4.78 is 14.1. The predicted octanol–water partition coefficient (Wildman–Crippen LogP) is 2.86. The molecule has 0 fully saturated rings. The molecular formula is C13H13FN2O. The molecule has 17 heavy (non-hydrogen) atoms. The maximum absolute atomic E-state index is 12.8. The van der Waals surface area contributed by atoms with Crippen molar-refractivity contribution in [2.75, 3.05) is 0 Å². The Morgan fingerprint density at radius 3 is 2.71 bits per heavy atom. The summed E-state index contributed by atoms with van der Waals surface area (Å²) >= 11 is 0. The van der Waals surface area contributed by atoms with Crippen LogP contribution >= 0.6 is 0 Å². The minimum absolute atomic E-state index is 0.0484. The minimum Gasteiger partial charge on any atom is -0.273 e. The summed E-state index contributed by atoms with van der Waals surface area (Å²) in [4.78, 5) is 11.8. The third-order valence-electron chi connectivity index (χ3n) is 2.68. The molecule has 2 rings (SSSR count). The van der Waals surface area contributed by atoms with Crippen molar-refractivity contribution < 1.29 is 9.18 Å². The van der Waals surface area contributed by atoms with E-state index in [0.717, 1.165) is 5.56 Å². The summed E-state index contributed by atoms with van der Waals surface area (Å²) in [6.07, 6.45) is 3.55. The molecule has 0 N–H and O–H groups in total. The second kappa shape index (κ2) is 4.91. The number of hydrogen-bond donors (Lipinski definition) is 0. The molecule has 0 bridgehead atoms. The largest absolute Gasteiger partial charge is 0.273 e. The standard InChI is InChI=1S/C13H13FN2O/c1-10(11-3-5-12(14)6-4-11)9-13(17)16-8-2-7-15-16/h2-8,10H,9H2,1H3. The Balaban J connectivity index is 2.04. The van der Waals surface area contributed by atoms with Crippen molar-refractivity contribution in [2.24, 2.45) is 0 Å². The fourth-order valence-corrected chi connectivity index (χ4v) is 1.68. The molecule has 1 aromatic carbocycles. The molecular weight excluding hydrogens is 219 g/mol. The molecule has 1 heterocycles. The van der Waals surface area contributed by atoms with E-state index in [2.05, 4.69) is 5.10 Å². The molecule has 0 radical (unpaired) electrons. The monoisotopic (exact) mass is 232 g/mol. The van der Waals surface area contributed by atoms with Gasteiger partial charge in [-0.05, 0) is 29.7 Å². The summed E-state index contributed by atoms with van der Waals surface area (Å²) in [5, 5.41) is 3.88. The van der Waals surface area contributed by atoms with Gasteiger partial charge in [0, 0.05) is 18.8 Å². The fraction of sp³-hybridized carbons (Fsp3) is 0.231. The molecule has 1 unspecified atom stereocenters. The predicted molar refractivity (Wildman–Crippen MR) is 62.3 cm³/mol. The highest BCUT2D eigenvalue weighted by molar-refractivity contribution is 5.78. The zero-order valence-electron chi connectivity index (χ0n) is 9.51. The SMILES string of the molecule is CC(CC(=O)n1cccn1)c1ccc(F)cc1. The van der Waals surface area contributed by atoms with Crippen molar-refractivity contribution in [3.05, 3.63) is 54.1 Å². The van der Waals surface area contributed by atoms with Crippen LogP contribution in [0.1, 0.15) is 29.6 Å². The summed E-state index contributed by atoms with van der Waals surface area (Å²) in [6.45, 7) is 1.94. The van der Waals surface area contributed by atoms with Gasteiger partial charge in [0.15, 0.2) is 0 Å². The molecule has 0 saturated carbocycles. The van der Waals surface area contributed by atoms with Gasteiger partial charge in [-0.2, -0.15) is 5.10 Å². The highest BCUT2D eigenvalue weighted by Gasteiger charge is 2.12. The lowest BCUT2D eigenvalue weighted by molar-refractivity contribution is 0.0879. The number of aromatic nitrogens is 2. The molecule has 1 atom stereocenters. The van der Waals surface area contributed by atoms with Crippen molar-refractivity contribution >= 4 is 5.91 Å². The first-order chi connectivity index (χ1) is 8.16. The Bertz CT molecular complexity index is 491. The lowest BCUT2D eigenvalue weighted by Gasteiger charge is -2.10. The maximum Gasteiger partial charge on any atom is 0.247 e. The molecule has 0 aliphatic heterocycles. The first-order valence-corrected chi connectivity index (χ1v) is 5.45. The Morgan fingerprint density at radius 1 is 1.41 bits per heavy atom. The highest BCUT2D eigenvalue weighted by Crippen LogP contribution is 2.19. The summed E-state index contributed by atoms with van der Waals surface area (Å²) in [7, 11) is 0. The van der Waals surface area contributed by atoms with Crippen LogP contribution in [0.15, 0.2) is 42.7 Å². The van der Waals surface area contributed by atoms with E-state index in [0.29, 0.717) is 6.42 Å². The Hall–Kier alpha value is -1.97. The average molecular weight is 232 g/mol. The van der Waals surface area contributed by atoms with E-state index in [4.69, 9.17) is 0 Å². The number of carbonyl (C=O) groups excluding carboxylic acids is 1. The van der Waals surface area contributed by atoms with Crippen molar-refractivity contribution in [1.29, 1.82) is 0 Å².